The average molecular weight is 286 g/mol. The van der Waals surface area contributed by atoms with E-state index in [-0.39, 0.29) is 17.2 Å². The molecule has 0 aromatic heterocycles. The minimum absolute atomic E-state index is 0.0566. The molecule has 0 spiro atoms. The number of nitro benzene ring substituents is 1. The molecule has 104 valence electrons. The van der Waals surface area contributed by atoms with Gasteiger partial charge in [0.1, 0.15) is 0 Å². The van der Waals surface area contributed by atoms with Crippen LogP contribution in [0.25, 0.3) is 0 Å². The first kappa shape index (κ1) is 13.6. The maximum atomic E-state index is 11.4. The number of hydrazine groups is 1. The fourth-order valence-corrected chi connectivity index (χ4v) is 3.14. The summed E-state index contributed by atoms with van der Waals surface area (Å²) in [6, 6.07) is 4.40. The van der Waals surface area contributed by atoms with E-state index in [0.717, 1.165) is 0 Å². The molecular weight excluding hydrogens is 272 g/mol. The van der Waals surface area contributed by atoms with Crippen LogP contribution in [-0.2, 0) is 9.84 Å². The number of nitrogen functional groups attached to an aromatic ring is 1. The van der Waals surface area contributed by atoms with Gasteiger partial charge in [-0.2, -0.15) is 0 Å². The number of nitrogens with one attached hydrogen (secondary N) is 1. The van der Waals surface area contributed by atoms with Crippen LogP contribution in [0.5, 0.6) is 0 Å². The second-order valence-electron chi connectivity index (χ2n) is 4.28. The molecule has 0 saturated carbocycles. The van der Waals surface area contributed by atoms with Crippen LogP contribution in [0.2, 0.25) is 0 Å². The highest BCUT2D eigenvalue weighted by atomic mass is 32.2. The van der Waals surface area contributed by atoms with Crippen LogP contribution in [0.3, 0.4) is 0 Å². The van der Waals surface area contributed by atoms with E-state index in [0.29, 0.717) is 24.5 Å². The Morgan fingerprint density at radius 1 is 1.26 bits per heavy atom. The van der Waals surface area contributed by atoms with Crippen molar-refractivity contribution in [2.75, 3.05) is 34.9 Å². The molecule has 1 heterocycles. The lowest BCUT2D eigenvalue weighted by atomic mass is 10.2. The summed E-state index contributed by atoms with van der Waals surface area (Å²) in [5, 5.41) is 10.8. The number of hydrogen-bond acceptors (Lipinski definition) is 7. The zero-order valence-electron chi connectivity index (χ0n) is 10.1. The van der Waals surface area contributed by atoms with Gasteiger partial charge in [-0.15, -0.1) is 0 Å². The molecule has 1 aromatic carbocycles. The molecular formula is C10H14N4O4S. The van der Waals surface area contributed by atoms with Gasteiger partial charge in [-0.25, -0.2) is 8.42 Å². The number of anilines is 2. The van der Waals surface area contributed by atoms with Crippen molar-refractivity contribution < 1.29 is 13.3 Å². The normalized spacial score (nSPS) is 18.1. The van der Waals surface area contributed by atoms with Gasteiger partial charge in [0.25, 0.3) is 5.69 Å². The van der Waals surface area contributed by atoms with Gasteiger partial charge in [0.2, 0.25) is 0 Å². The lowest BCUT2D eigenvalue weighted by Crippen LogP contribution is -2.40. The molecule has 19 heavy (non-hydrogen) atoms. The van der Waals surface area contributed by atoms with Crippen molar-refractivity contribution >= 4 is 26.9 Å². The van der Waals surface area contributed by atoms with Gasteiger partial charge < -0.3 is 10.3 Å². The van der Waals surface area contributed by atoms with Gasteiger partial charge in [-0.1, -0.05) is 0 Å². The van der Waals surface area contributed by atoms with Gasteiger partial charge in [-0.05, 0) is 6.07 Å². The van der Waals surface area contributed by atoms with E-state index in [2.05, 4.69) is 5.43 Å². The monoisotopic (exact) mass is 286 g/mol. The van der Waals surface area contributed by atoms with E-state index in [1.54, 1.807) is 11.0 Å². The summed E-state index contributed by atoms with van der Waals surface area (Å²) in [5.41, 5.74) is 3.29. The van der Waals surface area contributed by atoms with Gasteiger partial charge in [0, 0.05) is 30.9 Å². The molecule has 3 N–H and O–H groups in total. The van der Waals surface area contributed by atoms with Crippen molar-refractivity contribution in [1.29, 1.82) is 0 Å². The summed E-state index contributed by atoms with van der Waals surface area (Å²) in [6.45, 7) is 0.654. The Kier molecular flexibility index (Phi) is 3.58. The predicted octanol–water partition coefficient (Wildman–Crippen LogP) is 0.115. The number of non-ortho nitro benzene ring substituents is 1. The van der Waals surface area contributed by atoms with Crippen molar-refractivity contribution in [1.82, 2.24) is 0 Å². The summed E-state index contributed by atoms with van der Waals surface area (Å²) >= 11 is 0. The van der Waals surface area contributed by atoms with Gasteiger partial charge >= 0.3 is 0 Å². The van der Waals surface area contributed by atoms with E-state index < -0.39 is 14.8 Å². The second-order valence-corrected chi connectivity index (χ2v) is 6.58. The maximum absolute atomic E-state index is 11.4. The fourth-order valence-electron chi connectivity index (χ4n) is 1.94. The SMILES string of the molecule is NNc1cc(N2CCS(=O)(=O)CC2)cc([N+](=O)[O-])c1. The number of rotatable bonds is 3. The van der Waals surface area contributed by atoms with Crippen molar-refractivity contribution in [3.05, 3.63) is 28.3 Å². The molecule has 0 unspecified atom stereocenters. The van der Waals surface area contributed by atoms with Crippen LogP contribution >= 0.6 is 0 Å². The third-order valence-corrected chi connectivity index (χ3v) is 4.60. The molecule has 0 atom stereocenters. The topological polar surface area (TPSA) is 119 Å². The van der Waals surface area contributed by atoms with E-state index >= 15 is 0 Å². The highest BCUT2D eigenvalue weighted by Crippen LogP contribution is 2.27. The largest absolute Gasteiger partial charge is 0.369 e. The first-order valence-electron chi connectivity index (χ1n) is 5.63. The summed E-state index contributed by atoms with van der Waals surface area (Å²) in [5.74, 6) is 5.39. The molecule has 0 amide bonds. The average Bonchev–Trinajstić information content (AvgIpc) is 2.38. The maximum Gasteiger partial charge on any atom is 0.273 e. The number of benzene rings is 1. The molecule has 2 rings (SSSR count). The molecule has 1 fully saturated rings. The molecule has 8 nitrogen and oxygen atoms in total. The predicted molar refractivity (Wildman–Crippen MR) is 71.8 cm³/mol. The number of hydrogen-bond donors (Lipinski definition) is 2. The first-order valence-corrected chi connectivity index (χ1v) is 7.45. The van der Waals surface area contributed by atoms with Gasteiger partial charge in [0.05, 0.1) is 22.1 Å². The van der Waals surface area contributed by atoms with Gasteiger partial charge in [-0.3, -0.25) is 16.0 Å². The minimum Gasteiger partial charge on any atom is -0.369 e. The number of sulfone groups is 1. The second kappa shape index (κ2) is 5.02. The molecule has 1 aromatic rings. The van der Waals surface area contributed by atoms with Gasteiger partial charge in [0.15, 0.2) is 9.84 Å². The van der Waals surface area contributed by atoms with Crippen molar-refractivity contribution in [3.63, 3.8) is 0 Å². The smallest absolute Gasteiger partial charge is 0.273 e. The fraction of sp³-hybridized carbons (Fsp3) is 0.400. The first-order chi connectivity index (χ1) is 8.91. The third kappa shape index (κ3) is 3.12. The molecule has 1 aliphatic rings. The van der Waals surface area contributed by atoms with Crippen LogP contribution in [-0.4, -0.2) is 37.9 Å². The number of nitro groups is 1. The zero-order chi connectivity index (χ0) is 14.0. The summed E-state index contributed by atoms with van der Waals surface area (Å²) in [4.78, 5) is 12.1. The third-order valence-electron chi connectivity index (χ3n) is 2.99. The van der Waals surface area contributed by atoms with Crippen LogP contribution in [0.4, 0.5) is 17.1 Å². The Balaban J connectivity index is 2.29. The number of nitrogens with two attached hydrogens (primary N) is 1. The lowest BCUT2D eigenvalue weighted by Gasteiger charge is -2.28. The zero-order valence-corrected chi connectivity index (χ0v) is 10.9. The summed E-state index contributed by atoms with van der Waals surface area (Å²) in [6.07, 6.45) is 0. The van der Waals surface area contributed by atoms with E-state index in [1.807, 2.05) is 0 Å². The van der Waals surface area contributed by atoms with E-state index in [1.165, 1.54) is 12.1 Å². The highest BCUT2D eigenvalue weighted by molar-refractivity contribution is 7.91. The quantitative estimate of drug-likeness (QED) is 0.460. The Morgan fingerprint density at radius 3 is 2.42 bits per heavy atom. The lowest BCUT2D eigenvalue weighted by molar-refractivity contribution is -0.384. The highest BCUT2D eigenvalue weighted by Gasteiger charge is 2.23. The van der Waals surface area contributed by atoms with E-state index in [9.17, 15) is 18.5 Å². The van der Waals surface area contributed by atoms with Crippen molar-refractivity contribution in [2.45, 2.75) is 0 Å². The minimum atomic E-state index is -2.98. The van der Waals surface area contributed by atoms with Crippen LogP contribution in [0.15, 0.2) is 18.2 Å². The molecule has 0 aliphatic carbocycles. The van der Waals surface area contributed by atoms with Crippen molar-refractivity contribution in [2.24, 2.45) is 5.84 Å². The Hall–Kier alpha value is -1.87. The molecule has 1 aliphatic heterocycles. The van der Waals surface area contributed by atoms with E-state index in [4.69, 9.17) is 5.84 Å². The summed E-state index contributed by atoms with van der Waals surface area (Å²) < 4.78 is 22.7. The molecule has 9 heteroatoms. The van der Waals surface area contributed by atoms with Crippen molar-refractivity contribution in [3.8, 4) is 0 Å². The standard InChI is InChI=1S/C10H14N4O4S/c11-12-8-5-9(7-10(6-8)14(15)16)13-1-3-19(17,18)4-2-13/h5-7,12H,1-4,11H2. The summed E-state index contributed by atoms with van der Waals surface area (Å²) in [7, 11) is -2.98. The molecule has 1 saturated heterocycles. The molecule has 0 bridgehead atoms. The Morgan fingerprint density at radius 2 is 1.89 bits per heavy atom. The Bertz CT molecular complexity index is 588. The van der Waals surface area contributed by atoms with Crippen LogP contribution in [0, 0.1) is 10.1 Å². The Labute approximate surface area is 110 Å². The van der Waals surface area contributed by atoms with Crippen LogP contribution < -0.4 is 16.2 Å². The molecule has 0 radical (unpaired) electrons. The number of nitrogens with zero attached hydrogens (tertiary/aromatic N) is 2. The van der Waals surface area contributed by atoms with Crippen LogP contribution in [0.1, 0.15) is 0 Å².